The van der Waals surface area contributed by atoms with Crippen LogP contribution in [0.1, 0.15) is 19.9 Å². The van der Waals surface area contributed by atoms with Gasteiger partial charge in [0.2, 0.25) is 18.6 Å². The van der Waals surface area contributed by atoms with E-state index in [1.807, 2.05) is 4.72 Å². The topological polar surface area (TPSA) is 146 Å². The summed E-state index contributed by atoms with van der Waals surface area (Å²) in [4.78, 5) is 36.1. The van der Waals surface area contributed by atoms with Crippen LogP contribution in [0.4, 0.5) is 5.69 Å². The highest BCUT2D eigenvalue weighted by atomic mass is 32.2. The minimum Gasteiger partial charge on any atom is -0.454 e. The SMILES string of the molecule is CC(=O)NS(=O)(=O)c1ccc(NC(=O)C(C)n2nc(-c3ccc4c(c3)OCO4)ccc2=O)cc1. The number of benzene rings is 2. The summed E-state index contributed by atoms with van der Waals surface area (Å²) in [7, 11) is -3.99. The van der Waals surface area contributed by atoms with Crippen LogP contribution in [0, 0.1) is 0 Å². The van der Waals surface area contributed by atoms with Crippen molar-refractivity contribution in [2.45, 2.75) is 24.8 Å². The summed E-state index contributed by atoms with van der Waals surface area (Å²) in [5, 5.41) is 6.95. The van der Waals surface area contributed by atoms with Gasteiger partial charge in [-0.2, -0.15) is 5.10 Å². The lowest BCUT2D eigenvalue weighted by Crippen LogP contribution is -2.33. The average molecular weight is 484 g/mol. The Balaban J connectivity index is 1.52. The molecule has 0 fully saturated rings. The number of ether oxygens (including phenoxy) is 2. The molecule has 1 unspecified atom stereocenters. The van der Waals surface area contributed by atoms with Gasteiger partial charge in [0.05, 0.1) is 10.6 Å². The van der Waals surface area contributed by atoms with Gasteiger partial charge in [0, 0.05) is 24.2 Å². The van der Waals surface area contributed by atoms with E-state index < -0.39 is 33.4 Å². The Morgan fingerprint density at radius 1 is 1.03 bits per heavy atom. The molecule has 4 rings (SSSR count). The third kappa shape index (κ3) is 4.76. The summed E-state index contributed by atoms with van der Waals surface area (Å²) in [5.41, 5.74) is 0.981. The van der Waals surface area contributed by atoms with E-state index in [1.165, 1.54) is 37.3 Å². The van der Waals surface area contributed by atoms with Gasteiger partial charge in [-0.3, -0.25) is 14.4 Å². The molecule has 0 spiro atoms. The van der Waals surface area contributed by atoms with Gasteiger partial charge >= 0.3 is 0 Å². The molecule has 1 atom stereocenters. The molecular formula is C22H20N4O7S. The quantitative estimate of drug-likeness (QED) is 0.537. The highest BCUT2D eigenvalue weighted by Gasteiger charge is 2.20. The van der Waals surface area contributed by atoms with Gasteiger partial charge in [-0.1, -0.05) is 0 Å². The fraction of sp³-hybridized carbons (Fsp3) is 0.182. The lowest BCUT2D eigenvalue weighted by Gasteiger charge is -2.15. The van der Waals surface area contributed by atoms with E-state index in [0.29, 0.717) is 28.4 Å². The van der Waals surface area contributed by atoms with Crippen LogP contribution in [-0.4, -0.2) is 36.8 Å². The predicted molar refractivity (Wildman–Crippen MR) is 121 cm³/mol. The molecule has 34 heavy (non-hydrogen) atoms. The molecule has 2 heterocycles. The smallest absolute Gasteiger partial charge is 0.267 e. The highest BCUT2D eigenvalue weighted by Crippen LogP contribution is 2.35. The van der Waals surface area contributed by atoms with E-state index in [-0.39, 0.29) is 11.7 Å². The van der Waals surface area contributed by atoms with Crippen molar-refractivity contribution in [2.75, 3.05) is 12.1 Å². The highest BCUT2D eigenvalue weighted by molar-refractivity contribution is 7.90. The summed E-state index contributed by atoms with van der Waals surface area (Å²) in [6.45, 7) is 2.73. The molecule has 1 aliphatic heterocycles. The summed E-state index contributed by atoms with van der Waals surface area (Å²) in [6.07, 6.45) is 0. The largest absolute Gasteiger partial charge is 0.454 e. The second kappa shape index (κ2) is 8.98. The normalized spacial score (nSPS) is 13.2. The zero-order valence-electron chi connectivity index (χ0n) is 18.1. The van der Waals surface area contributed by atoms with Crippen LogP contribution >= 0.6 is 0 Å². The number of carbonyl (C=O) groups excluding carboxylic acids is 2. The van der Waals surface area contributed by atoms with Crippen molar-refractivity contribution in [2.24, 2.45) is 0 Å². The monoisotopic (exact) mass is 484 g/mol. The Hall–Kier alpha value is -4.19. The van der Waals surface area contributed by atoms with Crippen molar-refractivity contribution in [3.63, 3.8) is 0 Å². The number of rotatable bonds is 6. The Labute approximate surface area is 194 Å². The molecule has 3 aromatic rings. The van der Waals surface area contributed by atoms with Crippen LogP contribution in [0.25, 0.3) is 11.3 Å². The summed E-state index contributed by atoms with van der Waals surface area (Å²) >= 11 is 0. The summed E-state index contributed by atoms with van der Waals surface area (Å²) in [6, 6.07) is 12.4. The zero-order valence-corrected chi connectivity index (χ0v) is 19.0. The van der Waals surface area contributed by atoms with Crippen molar-refractivity contribution in [1.82, 2.24) is 14.5 Å². The lowest BCUT2D eigenvalue weighted by atomic mass is 10.1. The van der Waals surface area contributed by atoms with E-state index in [0.717, 1.165) is 11.6 Å². The number of nitrogens with zero attached hydrogens (tertiary/aromatic N) is 2. The van der Waals surface area contributed by atoms with E-state index in [4.69, 9.17) is 9.47 Å². The van der Waals surface area contributed by atoms with Crippen molar-refractivity contribution in [1.29, 1.82) is 0 Å². The molecular weight excluding hydrogens is 464 g/mol. The summed E-state index contributed by atoms with van der Waals surface area (Å²) < 4.78 is 37.7. The number of nitrogens with one attached hydrogen (secondary N) is 2. The van der Waals surface area contributed by atoms with E-state index in [1.54, 1.807) is 24.3 Å². The van der Waals surface area contributed by atoms with Crippen molar-refractivity contribution in [3.05, 3.63) is 65.0 Å². The fourth-order valence-electron chi connectivity index (χ4n) is 3.24. The van der Waals surface area contributed by atoms with Crippen LogP contribution in [-0.2, 0) is 19.6 Å². The van der Waals surface area contributed by atoms with Crippen LogP contribution < -0.4 is 25.1 Å². The fourth-order valence-corrected chi connectivity index (χ4v) is 4.23. The Bertz CT molecular complexity index is 1430. The van der Waals surface area contributed by atoms with Crippen LogP contribution in [0.3, 0.4) is 0 Å². The van der Waals surface area contributed by atoms with Crippen LogP contribution in [0.15, 0.2) is 64.3 Å². The maximum absolute atomic E-state index is 12.8. The number of hydrogen-bond acceptors (Lipinski definition) is 8. The molecule has 2 amide bonds. The standard InChI is InChI=1S/C22H20N4O7S/c1-13(22(29)23-16-4-6-17(7-5-16)34(30,31)25-14(2)27)26-21(28)10-8-18(24-26)15-3-9-19-20(11-15)33-12-32-19/h3-11,13H,12H2,1-2H3,(H,23,29)(H,25,27). The zero-order chi connectivity index (χ0) is 24.5. The molecule has 0 saturated heterocycles. The maximum atomic E-state index is 12.8. The number of hydrogen-bond donors (Lipinski definition) is 2. The minimum atomic E-state index is -3.99. The van der Waals surface area contributed by atoms with Gasteiger partial charge in [0.1, 0.15) is 6.04 Å². The number of anilines is 1. The van der Waals surface area contributed by atoms with Gasteiger partial charge in [0.15, 0.2) is 11.5 Å². The number of carbonyl (C=O) groups is 2. The third-order valence-corrected chi connectivity index (χ3v) is 6.40. The van der Waals surface area contributed by atoms with E-state index in [9.17, 15) is 22.8 Å². The van der Waals surface area contributed by atoms with Gasteiger partial charge in [-0.25, -0.2) is 17.8 Å². The first kappa shape index (κ1) is 23.0. The first-order valence-corrected chi connectivity index (χ1v) is 11.6. The van der Waals surface area contributed by atoms with Gasteiger partial charge < -0.3 is 14.8 Å². The Morgan fingerprint density at radius 2 is 1.74 bits per heavy atom. The molecule has 1 aliphatic rings. The first-order chi connectivity index (χ1) is 16.1. The molecule has 1 aromatic heterocycles. The molecule has 0 aliphatic carbocycles. The van der Waals surface area contributed by atoms with Gasteiger partial charge in [0.25, 0.3) is 15.6 Å². The molecule has 2 aromatic carbocycles. The lowest BCUT2D eigenvalue weighted by molar-refractivity contribution is -0.119. The summed E-state index contributed by atoms with van der Waals surface area (Å²) in [5.74, 6) is -0.0745. The molecule has 2 N–H and O–H groups in total. The molecule has 0 saturated carbocycles. The Kier molecular flexibility index (Phi) is 6.07. The van der Waals surface area contributed by atoms with Crippen molar-refractivity contribution >= 4 is 27.5 Å². The minimum absolute atomic E-state index is 0.128. The second-order valence-electron chi connectivity index (χ2n) is 7.42. The van der Waals surface area contributed by atoms with Crippen LogP contribution in [0.2, 0.25) is 0 Å². The predicted octanol–water partition coefficient (Wildman–Crippen LogP) is 1.66. The number of amides is 2. The van der Waals surface area contributed by atoms with E-state index >= 15 is 0 Å². The number of sulfonamides is 1. The maximum Gasteiger partial charge on any atom is 0.267 e. The van der Waals surface area contributed by atoms with Crippen LogP contribution in [0.5, 0.6) is 11.5 Å². The second-order valence-corrected chi connectivity index (χ2v) is 9.10. The number of aromatic nitrogens is 2. The average Bonchev–Trinajstić information content (AvgIpc) is 3.26. The number of fused-ring (bicyclic) bond motifs is 1. The molecule has 0 bridgehead atoms. The molecule has 12 heteroatoms. The van der Waals surface area contributed by atoms with E-state index in [2.05, 4.69) is 10.4 Å². The molecule has 11 nitrogen and oxygen atoms in total. The van der Waals surface area contributed by atoms with Crippen molar-refractivity contribution < 1.29 is 27.5 Å². The van der Waals surface area contributed by atoms with Crippen molar-refractivity contribution in [3.8, 4) is 22.8 Å². The molecule has 176 valence electrons. The first-order valence-electron chi connectivity index (χ1n) is 10.1. The third-order valence-electron chi connectivity index (χ3n) is 4.95. The van der Waals surface area contributed by atoms with Gasteiger partial charge in [-0.15, -0.1) is 0 Å². The van der Waals surface area contributed by atoms with Gasteiger partial charge in [-0.05, 0) is 55.5 Å². The Morgan fingerprint density at radius 3 is 2.44 bits per heavy atom. The molecule has 0 radical (unpaired) electrons.